The number of fused-ring (bicyclic) bond motifs is 1. The number of amides is 1. The highest BCUT2D eigenvalue weighted by Crippen LogP contribution is 2.31. The van der Waals surface area contributed by atoms with E-state index in [2.05, 4.69) is 0 Å². The minimum absolute atomic E-state index is 0.255. The molecule has 2 heterocycles. The highest BCUT2D eigenvalue weighted by molar-refractivity contribution is 6.43. The summed E-state index contributed by atoms with van der Waals surface area (Å²) < 4.78 is 5.53. The predicted molar refractivity (Wildman–Crippen MR) is 52.4 cm³/mol. The summed E-state index contributed by atoms with van der Waals surface area (Å²) in [6, 6.07) is -0.708. The molecule has 1 amide bonds. The third kappa shape index (κ3) is 1.65. The zero-order valence-corrected chi connectivity index (χ0v) is 8.54. The monoisotopic (exact) mass is 214 g/mol. The standard InChI is InChI=1S/C8H15BN2O4/c1-4-7(10)8(12)11-5(9(13)14)2-3-6(11)15-4/h4-7,13-14H,2-3,10H2,1H3/t4-,5-,6-,7-/m0/s1. The third-order valence-electron chi connectivity index (χ3n) is 3.14. The van der Waals surface area contributed by atoms with E-state index in [1.54, 1.807) is 6.92 Å². The van der Waals surface area contributed by atoms with Crippen LogP contribution in [-0.2, 0) is 9.53 Å². The fourth-order valence-corrected chi connectivity index (χ4v) is 2.24. The molecule has 0 unspecified atom stereocenters. The van der Waals surface area contributed by atoms with Crippen molar-refractivity contribution in [3.05, 3.63) is 0 Å². The van der Waals surface area contributed by atoms with Crippen molar-refractivity contribution in [2.24, 2.45) is 5.73 Å². The van der Waals surface area contributed by atoms with Gasteiger partial charge in [-0.05, 0) is 19.8 Å². The van der Waals surface area contributed by atoms with Crippen LogP contribution < -0.4 is 5.73 Å². The van der Waals surface area contributed by atoms with Gasteiger partial charge in [0.05, 0.1) is 12.0 Å². The Morgan fingerprint density at radius 3 is 2.80 bits per heavy atom. The molecule has 2 aliphatic rings. The lowest BCUT2D eigenvalue weighted by atomic mass is 9.77. The van der Waals surface area contributed by atoms with Crippen molar-refractivity contribution in [1.29, 1.82) is 0 Å². The summed E-state index contributed by atoms with van der Waals surface area (Å²) in [4.78, 5) is 13.2. The molecule has 0 spiro atoms. The first kappa shape index (κ1) is 10.9. The van der Waals surface area contributed by atoms with Gasteiger partial charge in [-0.1, -0.05) is 0 Å². The van der Waals surface area contributed by atoms with Gasteiger partial charge >= 0.3 is 7.12 Å². The maximum Gasteiger partial charge on any atom is 0.475 e. The van der Waals surface area contributed by atoms with E-state index in [1.165, 1.54) is 4.90 Å². The summed E-state index contributed by atoms with van der Waals surface area (Å²) in [5, 5.41) is 18.3. The van der Waals surface area contributed by atoms with Gasteiger partial charge in [0.2, 0.25) is 5.91 Å². The Labute approximate surface area is 88.1 Å². The zero-order chi connectivity index (χ0) is 11.2. The van der Waals surface area contributed by atoms with Gasteiger partial charge in [0.25, 0.3) is 0 Å². The van der Waals surface area contributed by atoms with Crippen molar-refractivity contribution >= 4 is 13.0 Å². The van der Waals surface area contributed by atoms with Crippen LogP contribution in [0.15, 0.2) is 0 Å². The fraction of sp³-hybridized carbons (Fsp3) is 0.875. The first-order valence-electron chi connectivity index (χ1n) is 5.11. The Hall–Kier alpha value is -0.625. The second-order valence-corrected chi connectivity index (χ2v) is 4.13. The van der Waals surface area contributed by atoms with Gasteiger partial charge in [0, 0.05) is 0 Å². The van der Waals surface area contributed by atoms with Crippen molar-refractivity contribution in [3.63, 3.8) is 0 Å². The van der Waals surface area contributed by atoms with Crippen molar-refractivity contribution in [2.75, 3.05) is 0 Å². The van der Waals surface area contributed by atoms with Crippen LogP contribution in [-0.4, -0.2) is 52.3 Å². The molecular weight excluding hydrogens is 199 g/mol. The number of nitrogens with two attached hydrogens (primary N) is 1. The van der Waals surface area contributed by atoms with Crippen molar-refractivity contribution in [2.45, 2.75) is 44.1 Å². The molecule has 4 atom stereocenters. The summed E-state index contributed by atoms with van der Waals surface area (Å²) in [6.07, 6.45) is 0.505. The van der Waals surface area contributed by atoms with Crippen LogP contribution in [0, 0.1) is 0 Å². The van der Waals surface area contributed by atoms with Gasteiger partial charge < -0.3 is 25.4 Å². The molecule has 0 saturated carbocycles. The van der Waals surface area contributed by atoms with E-state index in [0.717, 1.165) is 0 Å². The second kappa shape index (κ2) is 3.75. The number of carbonyl (C=O) groups excluding carboxylic acids is 1. The van der Waals surface area contributed by atoms with E-state index < -0.39 is 19.1 Å². The number of rotatable bonds is 1. The van der Waals surface area contributed by atoms with Gasteiger partial charge in [-0.15, -0.1) is 0 Å². The van der Waals surface area contributed by atoms with E-state index in [-0.39, 0.29) is 18.2 Å². The molecule has 7 heteroatoms. The Bertz CT molecular complexity index is 275. The van der Waals surface area contributed by atoms with Crippen LogP contribution in [0.1, 0.15) is 19.8 Å². The van der Waals surface area contributed by atoms with Gasteiger partial charge in [0.15, 0.2) is 0 Å². The van der Waals surface area contributed by atoms with E-state index in [0.29, 0.717) is 12.8 Å². The summed E-state index contributed by atoms with van der Waals surface area (Å²) in [6.45, 7) is 1.75. The van der Waals surface area contributed by atoms with Gasteiger partial charge in [-0.2, -0.15) is 0 Å². The number of hydrogen-bond acceptors (Lipinski definition) is 5. The van der Waals surface area contributed by atoms with Crippen molar-refractivity contribution in [1.82, 2.24) is 4.90 Å². The lowest BCUT2D eigenvalue weighted by Crippen LogP contribution is -2.62. The molecular formula is C8H15BN2O4. The number of ether oxygens (including phenoxy) is 1. The maximum absolute atomic E-state index is 11.8. The molecule has 0 radical (unpaired) electrons. The summed E-state index contributed by atoms with van der Waals surface area (Å²) in [5.41, 5.74) is 5.66. The predicted octanol–water partition coefficient (Wildman–Crippen LogP) is -1.94. The summed E-state index contributed by atoms with van der Waals surface area (Å²) in [7, 11) is -1.52. The third-order valence-corrected chi connectivity index (χ3v) is 3.14. The highest BCUT2D eigenvalue weighted by Gasteiger charge is 2.49. The largest absolute Gasteiger partial charge is 0.475 e. The Morgan fingerprint density at radius 2 is 2.20 bits per heavy atom. The first-order chi connectivity index (χ1) is 7.02. The van der Waals surface area contributed by atoms with Crippen molar-refractivity contribution < 1.29 is 19.6 Å². The molecule has 4 N–H and O–H groups in total. The van der Waals surface area contributed by atoms with Crippen LogP contribution in [0.25, 0.3) is 0 Å². The molecule has 84 valence electrons. The van der Waals surface area contributed by atoms with Gasteiger partial charge in [-0.25, -0.2) is 0 Å². The maximum atomic E-state index is 11.8. The Morgan fingerprint density at radius 1 is 1.53 bits per heavy atom. The topological polar surface area (TPSA) is 96.0 Å². The number of carbonyl (C=O) groups is 1. The van der Waals surface area contributed by atoms with Crippen LogP contribution >= 0.6 is 0 Å². The van der Waals surface area contributed by atoms with E-state index in [9.17, 15) is 4.79 Å². The molecule has 2 rings (SSSR count). The zero-order valence-electron chi connectivity index (χ0n) is 8.54. The summed E-state index contributed by atoms with van der Waals surface area (Å²) in [5.74, 6) is -0.838. The molecule has 6 nitrogen and oxygen atoms in total. The van der Waals surface area contributed by atoms with Crippen molar-refractivity contribution in [3.8, 4) is 0 Å². The Kier molecular flexibility index (Phi) is 2.72. The summed E-state index contributed by atoms with van der Waals surface area (Å²) >= 11 is 0. The van der Waals surface area contributed by atoms with Crippen LogP contribution in [0.2, 0.25) is 0 Å². The van der Waals surface area contributed by atoms with E-state index in [1.807, 2.05) is 0 Å². The quantitative estimate of drug-likeness (QED) is 0.441. The fourth-order valence-electron chi connectivity index (χ4n) is 2.24. The smallest absolute Gasteiger partial charge is 0.426 e. The molecule has 2 aliphatic heterocycles. The molecule has 2 fully saturated rings. The second-order valence-electron chi connectivity index (χ2n) is 4.13. The Balaban J connectivity index is 2.19. The van der Waals surface area contributed by atoms with Crippen LogP contribution in [0.3, 0.4) is 0 Å². The minimum atomic E-state index is -1.52. The lowest BCUT2D eigenvalue weighted by Gasteiger charge is -2.39. The van der Waals surface area contributed by atoms with Crippen LogP contribution in [0.4, 0.5) is 0 Å². The van der Waals surface area contributed by atoms with E-state index >= 15 is 0 Å². The normalized spacial score (nSPS) is 40.5. The average molecular weight is 214 g/mol. The molecule has 15 heavy (non-hydrogen) atoms. The van der Waals surface area contributed by atoms with Gasteiger partial charge in [0.1, 0.15) is 12.3 Å². The molecule has 0 aromatic heterocycles. The minimum Gasteiger partial charge on any atom is -0.426 e. The number of nitrogens with zero attached hydrogens (tertiary/aromatic N) is 1. The van der Waals surface area contributed by atoms with Crippen LogP contribution in [0.5, 0.6) is 0 Å². The number of hydrogen-bond donors (Lipinski definition) is 3. The molecule has 2 saturated heterocycles. The molecule has 0 bridgehead atoms. The molecule has 0 aromatic carbocycles. The highest BCUT2D eigenvalue weighted by atomic mass is 16.5. The van der Waals surface area contributed by atoms with E-state index in [4.69, 9.17) is 20.5 Å². The SMILES string of the molecule is C[C@@H]1O[C@H]2CC[C@@H](B(O)O)N2C(=O)[C@H]1N. The lowest BCUT2D eigenvalue weighted by molar-refractivity contribution is -0.171. The first-order valence-corrected chi connectivity index (χ1v) is 5.11. The molecule has 0 aromatic rings. The average Bonchev–Trinajstić information content (AvgIpc) is 2.58. The van der Waals surface area contributed by atoms with Gasteiger partial charge in [-0.3, -0.25) is 4.79 Å². The molecule has 0 aliphatic carbocycles.